The van der Waals surface area contributed by atoms with E-state index in [4.69, 9.17) is 24.5 Å². The summed E-state index contributed by atoms with van der Waals surface area (Å²) in [6.45, 7) is 0. The molecule has 10 rings (SSSR count). The van der Waals surface area contributed by atoms with Crippen LogP contribution in [0.15, 0.2) is 164 Å². The number of benzene rings is 6. The lowest BCUT2D eigenvalue weighted by molar-refractivity contribution is 1.05. The van der Waals surface area contributed by atoms with E-state index in [1.165, 1.54) is 26.2 Å². The fourth-order valence-electron chi connectivity index (χ4n) is 6.60. The van der Waals surface area contributed by atoms with Gasteiger partial charge in [-0.2, -0.15) is 0 Å². The molecule has 0 N–H and O–H groups in total. The molecule has 0 saturated carbocycles. The number of nitrogens with zero attached hydrogens (tertiary/aromatic N) is 5. The molecular weight excluding hydrogens is 631 g/mol. The van der Waals surface area contributed by atoms with Gasteiger partial charge in [0.15, 0.2) is 17.5 Å². The molecule has 6 aromatic carbocycles. The van der Waals surface area contributed by atoms with E-state index in [0.29, 0.717) is 28.6 Å². The maximum Gasteiger partial charge on any atom is 0.182 e. The monoisotopic (exact) mass is 664 g/mol. The van der Waals surface area contributed by atoms with Crippen molar-refractivity contribution in [3.8, 4) is 51.1 Å². The summed E-state index contributed by atoms with van der Waals surface area (Å²) in [5.74, 6) is 0.970. The standard InChI is InChI=1S/C44H27N5S/c1-5-22-37-31(15-1)32-16-2-6-23-38(32)49(37)39-24-7-3-18-35(39)43-46-42(47-44(48-43)36-21-9-10-26-45-36)29-14-11-13-28(27-29)30-19-12-20-34-33-17-4-8-25-40(33)50-41(30)34/h1-27H/i1D,2D,5D,15D,16D,22D,23D. The van der Waals surface area contributed by atoms with Gasteiger partial charge in [-0.3, -0.25) is 4.98 Å². The molecule has 0 aliphatic heterocycles. The van der Waals surface area contributed by atoms with Gasteiger partial charge in [-0.25, -0.2) is 15.0 Å². The summed E-state index contributed by atoms with van der Waals surface area (Å²) < 4.78 is 65.3. The highest BCUT2D eigenvalue weighted by Crippen LogP contribution is 2.41. The molecule has 0 amide bonds. The van der Waals surface area contributed by atoms with Crippen molar-refractivity contribution in [3.63, 3.8) is 0 Å². The Morgan fingerprint density at radius 2 is 1.24 bits per heavy atom. The van der Waals surface area contributed by atoms with Crippen LogP contribution in [0.4, 0.5) is 0 Å². The third kappa shape index (κ3) is 4.61. The molecule has 0 bridgehead atoms. The van der Waals surface area contributed by atoms with Crippen LogP contribution in [-0.4, -0.2) is 24.5 Å². The second-order valence-electron chi connectivity index (χ2n) is 11.7. The molecule has 0 spiro atoms. The van der Waals surface area contributed by atoms with Crippen molar-refractivity contribution in [2.24, 2.45) is 0 Å². The van der Waals surface area contributed by atoms with Crippen molar-refractivity contribution >= 4 is 53.3 Å². The van der Waals surface area contributed by atoms with Gasteiger partial charge in [-0.15, -0.1) is 11.3 Å². The highest BCUT2D eigenvalue weighted by atomic mass is 32.1. The molecule has 6 heteroatoms. The van der Waals surface area contributed by atoms with E-state index in [1.54, 1.807) is 34.2 Å². The summed E-state index contributed by atoms with van der Waals surface area (Å²) in [6, 6.07) is 34.6. The van der Waals surface area contributed by atoms with E-state index in [2.05, 4.69) is 59.6 Å². The molecule has 0 saturated heterocycles. The van der Waals surface area contributed by atoms with Crippen LogP contribution in [-0.2, 0) is 0 Å². The summed E-state index contributed by atoms with van der Waals surface area (Å²) in [6.07, 6.45) is 1.67. The Kier molecular flexibility index (Phi) is 5.14. The number of para-hydroxylation sites is 3. The molecule has 10 aromatic rings. The lowest BCUT2D eigenvalue weighted by Gasteiger charge is -2.14. The largest absolute Gasteiger partial charge is 0.309 e. The highest BCUT2D eigenvalue weighted by Gasteiger charge is 2.19. The molecule has 0 atom stereocenters. The molecule has 0 unspecified atom stereocenters. The molecule has 0 aliphatic rings. The summed E-state index contributed by atoms with van der Waals surface area (Å²) in [7, 11) is 0. The van der Waals surface area contributed by atoms with Crippen LogP contribution in [0.5, 0.6) is 0 Å². The Morgan fingerprint density at radius 3 is 2.18 bits per heavy atom. The molecule has 0 aliphatic carbocycles. The molecule has 4 aromatic heterocycles. The van der Waals surface area contributed by atoms with E-state index in [9.17, 15) is 0 Å². The molecule has 50 heavy (non-hydrogen) atoms. The number of rotatable bonds is 5. The fourth-order valence-corrected chi connectivity index (χ4v) is 7.84. The van der Waals surface area contributed by atoms with Crippen molar-refractivity contribution in [3.05, 3.63) is 164 Å². The lowest BCUT2D eigenvalue weighted by Crippen LogP contribution is -2.04. The number of thiophene rings is 1. The van der Waals surface area contributed by atoms with Crippen molar-refractivity contribution in [2.75, 3.05) is 0 Å². The van der Waals surface area contributed by atoms with Gasteiger partial charge in [-0.05, 0) is 59.6 Å². The van der Waals surface area contributed by atoms with Gasteiger partial charge < -0.3 is 4.57 Å². The number of pyridine rings is 1. The third-order valence-corrected chi connectivity index (χ3v) is 10.1. The normalized spacial score (nSPS) is 13.6. The van der Waals surface area contributed by atoms with Gasteiger partial charge in [0.25, 0.3) is 0 Å². The first kappa shape index (κ1) is 22.2. The molecule has 0 fully saturated rings. The fraction of sp³-hybridized carbons (Fsp3) is 0. The van der Waals surface area contributed by atoms with Crippen LogP contribution in [0.3, 0.4) is 0 Å². The average molecular weight is 665 g/mol. The highest BCUT2D eigenvalue weighted by molar-refractivity contribution is 7.26. The molecular formula is C44H27N5S. The first-order chi connectivity index (χ1) is 27.7. The van der Waals surface area contributed by atoms with Crippen LogP contribution >= 0.6 is 11.3 Å². The Bertz CT molecular complexity index is 3290. The average Bonchev–Trinajstić information content (AvgIpc) is 3.82. The van der Waals surface area contributed by atoms with Crippen LogP contribution in [0.25, 0.3) is 93.1 Å². The Hall–Kier alpha value is -6.50. The summed E-state index contributed by atoms with van der Waals surface area (Å²) in [5, 5.41) is 2.57. The minimum atomic E-state index is -0.464. The van der Waals surface area contributed by atoms with E-state index in [0.717, 1.165) is 16.7 Å². The minimum Gasteiger partial charge on any atom is -0.309 e. The zero-order valence-electron chi connectivity index (χ0n) is 33.2. The quantitative estimate of drug-likeness (QED) is 0.184. The Balaban J connectivity index is 1.23. The van der Waals surface area contributed by atoms with E-state index < -0.39 is 12.1 Å². The van der Waals surface area contributed by atoms with E-state index in [-0.39, 0.29) is 57.8 Å². The first-order valence-corrected chi connectivity index (χ1v) is 16.8. The van der Waals surface area contributed by atoms with Crippen LogP contribution in [0.1, 0.15) is 9.60 Å². The second kappa shape index (κ2) is 11.6. The van der Waals surface area contributed by atoms with Crippen molar-refractivity contribution in [2.45, 2.75) is 0 Å². The topological polar surface area (TPSA) is 56.5 Å². The van der Waals surface area contributed by atoms with Crippen molar-refractivity contribution in [1.29, 1.82) is 0 Å². The maximum atomic E-state index is 9.05. The van der Waals surface area contributed by atoms with E-state index >= 15 is 0 Å². The van der Waals surface area contributed by atoms with Gasteiger partial charge in [0, 0.05) is 48.3 Å². The van der Waals surface area contributed by atoms with Crippen molar-refractivity contribution < 1.29 is 9.60 Å². The zero-order valence-corrected chi connectivity index (χ0v) is 27.0. The predicted octanol–water partition coefficient (Wildman–Crippen LogP) is 11.4. The Labute approximate surface area is 301 Å². The summed E-state index contributed by atoms with van der Waals surface area (Å²) in [5.41, 5.74) is 4.50. The lowest BCUT2D eigenvalue weighted by atomic mass is 10.0. The predicted molar refractivity (Wildman–Crippen MR) is 207 cm³/mol. The third-order valence-electron chi connectivity index (χ3n) is 8.83. The minimum absolute atomic E-state index is 0.0642. The van der Waals surface area contributed by atoms with Gasteiger partial charge in [0.1, 0.15) is 5.69 Å². The van der Waals surface area contributed by atoms with Gasteiger partial charge in [-0.1, -0.05) is 109 Å². The summed E-state index contributed by atoms with van der Waals surface area (Å²) in [4.78, 5) is 19.5. The molecule has 0 radical (unpaired) electrons. The van der Waals surface area contributed by atoms with Crippen LogP contribution < -0.4 is 0 Å². The Morgan fingerprint density at radius 1 is 0.520 bits per heavy atom. The number of hydrogen-bond acceptors (Lipinski definition) is 5. The second-order valence-corrected chi connectivity index (χ2v) is 12.8. The number of hydrogen-bond donors (Lipinski definition) is 0. The number of aromatic nitrogens is 5. The van der Waals surface area contributed by atoms with Crippen LogP contribution in [0, 0.1) is 0 Å². The SMILES string of the molecule is [2H]c1cc([2H])c2c(c1[2H])c1c([2H])c([2H])c([2H])c([2H])c1n2-c1ccccc1-c1nc(-c2cccc(-c3cccc4c3sc3ccccc34)c2)nc(-c2ccccn2)n1. The smallest absolute Gasteiger partial charge is 0.182 e. The van der Waals surface area contributed by atoms with Gasteiger partial charge >= 0.3 is 0 Å². The summed E-state index contributed by atoms with van der Waals surface area (Å²) >= 11 is 1.76. The van der Waals surface area contributed by atoms with E-state index in [1.807, 2.05) is 42.5 Å². The molecule has 234 valence electrons. The maximum absolute atomic E-state index is 9.05. The van der Waals surface area contributed by atoms with Crippen LogP contribution in [0.2, 0.25) is 0 Å². The zero-order chi connectivity index (χ0) is 39.1. The molecule has 5 nitrogen and oxygen atoms in total. The first-order valence-electron chi connectivity index (χ1n) is 19.5. The van der Waals surface area contributed by atoms with Gasteiger partial charge in [0.2, 0.25) is 0 Å². The van der Waals surface area contributed by atoms with Crippen molar-refractivity contribution in [1.82, 2.24) is 24.5 Å². The number of fused-ring (bicyclic) bond motifs is 6. The molecule has 4 heterocycles. The van der Waals surface area contributed by atoms with Gasteiger partial charge in [0.05, 0.1) is 26.3 Å².